The van der Waals surface area contributed by atoms with Crippen LogP contribution in [-0.2, 0) is 11.3 Å². The van der Waals surface area contributed by atoms with Gasteiger partial charge in [-0.1, -0.05) is 24.3 Å². The minimum atomic E-state index is 0.120. The van der Waals surface area contributed by atoms with E-state index in [0.717, 1.165) is 36.1 Å². The Morgan fingerprint density at radius 1 is 1.37 bits per heavy atom. The Labute approximate surface area is 111 Å². The third-order valence-electron chi connectivity index (χ3n) is 3.51. The van der Waals surface area contributed by atoms with Crippen LogP contribution in [0, 0.1) is 5.92 Å². The summed E-state index contributed by atoms with van der Waals surface area (Å²) in [6.07, 6.45) is 7.04. The average molecular weight is 255 g/mol. The Morgan fingerprint density at radius 2 is 2.26 bits per heavy atom. The Bertz CT molecular complexity index is 582. The van der Waals surface area contributed by atoms with Gasteiger partial charge in [-0.3, -0.25) is 4.79 Å². The monoisotopic (exact) mass is 255 g/mol. The fourth-order valence-corrected chi connectivity index (χ4v) is 2.44. The first-order valence-electron chi connectivity index (χ1n) is 6.69. The SMILES string of the molecule is O=C(NCc1nc2ccccc2[nH]1)[C@H]1CC=CCC1. The number of hydrogen-bond acceptors (Lipinski definition) is 2. The molecule has 1 aromatic carbocycles. The van der Waals surface area contributed by atoms with Crippen LogP contribution < -0.4 is 5.32 Å². The Hall–Kier alpha value is -2.10. The molecule has 4 nitrogen and oxygen atoms in total. The number of amides is 1. The number of nitrogens with one attached hydrogen (secondary N) is 2. The highest BCUT2D eigenvalue weighted by molar-refractivity contribution is 5.79. The number of fused-ring (bicyclic) bond motifs is 1. The van der Waals surface area contributed by atoms with Gasteiger partial charge in [-0.15, -0.1) is 0 Å². The number of carbonyl (C=O) groups excluding carboxylic acids is 1. The molecule has 0 fully saturated rings. The maximum absolute atomic E-state index is 12.0. The third kappa shape index (κ3) is 2.67. The largest absolute Gasteiger partial charge is 0.349 e. The molecular weight excluding hydrogens is 238 g/mol. The lowest BCUT2D eigenvalue weighted by atomic mass is 9.94. The maximum atomic E-state index is 12.0. The zero-order chi connectivity index (χ0) is 13.1. The number of H-pyrrole nitrogens is 1. The van der Waals surface area contributed by atoms with Gasteiger partial charge in [-0.25, -0.2) is 4.98 Å². The van der Waals surface area contributed by atoms with E-state index in [-0.39, 0.29) is 11.8 Å². The Morgan fingerprint density at radius 3 is 3.05 bits per heavy atom. The van der Waals surface area contributed by atoms with E-state index in [1.807, 2.05) is 24.3 Å². The molecule has 0 spiro atoms. The van der Waals surface area contributed by atoms with E-state index >= 15 is 0 Å². The van der Waals surface area contributed by atoms with E-state index in [1.165, 1.54) is 0 Å². The summed E-state index contributed by atoms with van der Waals surface area (Å²) in [5, 5.41) is 2.96. The van der Waals surface area contributed by atoms with Crippen molar-refractivity contribution in [1.29, 1.82) is 0 Å². The van der Waals surface area contributed by atoms with Gasteiger partial charge in [-0.05, 0) is 31.4 Å². The van der Waals surface area contributed by atoms with E-state index in [2.05, 4.69) is 27.4 Å². The van der Waals surface area contributed by atoms with Gasteiger partial charge in [-0.2, -0.15) is 0 Å². The quantitative estimate of drug-likeness (QED) is 0.828. The molecule has 1 amide bonds. The molecular formula is C15H17N3O. The summed E-state index contributed by atoms with van der Waals surface area (Å²) >= 11 is 0. The molecule has 19 heavy (non-hydrogen) atoms. The molecule has 2 aromatic rings. The highest BCUT2D eigenvalue weighted by atomic mass is 16.1. The van der Waals surface area contributed by atoms with Gasteiger partial charge < -0.3 is 10.3 Å². The lowest BCUT2D eigenvalue weighted by Gasteiger charge is -2.16. The molecule has 1 atom stereocenters. The summed E-state index contributed by atoms with van der Waals surface area (Å²) in [6, 6.07) is 7.87. The smallest absolute Gasteiger partial charge is 0.223 e. The highest BCUT2D eigenvalue weighted by Crippen LogP contribution is 2.18. The Balaban J connectivity index is 1.62. The average Bonchev–Trinajstić information content (AvgIpc) is 2.88. The number of para-hydroxylation sites is 2. The molecule has 4 heteroatoms. The minimum Gasteiger partial charge on any atom is -0.349 e. The number of allylic oxidation sites excluding steroid dienone is 2. The molecule has 0 radical (unpaired) electrons. The molecule has 0 saturated carbocycles. The van der Waals surface area contributed by atoms with Gasteiger partial charge in [0, 0.05) is 5.92 Å². The fourth-order valence-electron chi connectivity index (χ4n) is 2.44. The number of carbonyl (C=O) groups is 1. The van der Waals surface area contributed by atoms with Crippen molar-refractivity contribution < 1.29 is 4.79 Å². The molecule has 0 aliphatic heterocycles. The van der Waals surface area contributed by atoms with Crippen molar-refractivity contribution in [2.75, 3.05) is 0 Å². The number of nitrogens with zero attached hydrogens (tertiary/aromatic N) is 1. The van der Waals surface area contributed by atoms with Crippen molar-refractivity contribution in [2.24, 2.45) is 5.92 Å². The van der Waals surface area contributed by atoms with E-state index in [9.17, 15) is 4.79 Å². The zero-order valence-electron chi connectivity index (χ0n) is 10.7. The number of imidazole rings is 1. The molecule has 98 valence electrons. The normalized spacial score (nSPS) is 18.6. The van der Waals surface area contributed by atoms with E-state index in [4.69, 9.17) is 0 Å². The van der Waals surface area contributed by atoms with Crippen molar-refractivity contribution in [1.82, 2.24) is 15.3 Å². The van der Waals surface area contributed by atoms with Crippen LogP contribution in [0.3, 0.4) is 0 Å². The lowest BCUT2D eigenvalue weighted by molar-refractivity contribution is -0.125. The summed E-state index contributed by atoms with van der Waals surface area (Å²) in [5.41, 5.74) is 1.94. The van der Waals surface area contributed by atoms with Crippen molar-refractivity contribution in [3.63, 3.8) is 0 Å². The first-order valence-corrected chi connectivity index (χ1v) is 6.69. The number of hydrogen-bond donors (Lipinski definition) is 2. The third-order valence-corrected chi connectivity index (χ3v) is 3.51. The zero-order valence-corrected chi connectivity index (χ0v) is 10.7. The predicted molar refractivity (Wildman–Crippen MR) is 74.4 cm³/mol. The molecule has 2 N–H and O–H groups in total. The van der Waals surface area contributed by atoms with Crippen LogP contribution >= 0.6 is 0 Å². The van der Waals surface area contributed by atoms with E-state index < -0.39 is 0 Å². The summed E-state index contributed by atoms with van der Waals surface area (Å²) in [5.74, 6) is 1.06. The van der Waals surface area contributed by atoms with Crippen molar-refractivity contribution in [2.45, 2.75) is 25.8 Å². The molecule has 0 bridgehead atoms. The van der Waals surface area contributed by atoms with Crippen molar-refractivity contribution in [3.05, 3.63) is 42.2 Å². The van der Waals surface area contributed by atoms with Gasteiger partial charge in [0.2, 0.25) is 5.91 Å². The molecule has 0 unspecified atom stereocenters. The molecule has 1 heterocycles. The van der Waals surface area contributed by atoms with E-state index in [0.29, 0.717) is 6.54 Å². The van der Waals surface area contributed by atoms with Crippen LogP contribution in [0.4, 0.5) is 0 Å². The van der Waals surface area contributed by atoms with Crippen LogP contribution in [0.5, 0.6) is 0 Å². The van der Waals surface area contributed by atoms with Crippen LogP contribution in [0.15, 0.2) is 36.4 Å². The highest BCUT2D eigenvalue weighted by Gasteiger charge is 2.18. The first kappa shape index (κ1) is 12.0. The lowest BCUT2D eigenvalue weighted by Crippen LogP contribution is -2.31. The summed E-state index contributed by atoms with van der Waals surface area (Å²) in [6.45, 7) is 0.466. The van der Waals surface area contributed by atoms with Crippen LogP contribution in [-0.4, -0.2) is 15.9 Å². The van der Waals surface area contributed by atoms with Crippen LogP contribution in [0.2, 0.25) is 0 Å². The van der Waals surface area contributed by atoms with Gasteiger partial charge in [0.05, 0.1) is 17.6 Å². The predicted octanol–water partition coefficient (Wildman–Crippen LogP) is 2.54. The first-order chi connectivity index (χ1) is 9.33. The fraction of sp³-hybridized carbons (Fsp3) is 0.333. The van der Waals surface area contributed by atoms with Crippen LogP contribution in [0.1, 0.15) is 25.1 Å². The summed E-state index contributed by atoms with van der Waals surface area (Å²) in [7, 11) is 0. The van der Waals surface area contributed by atoms with Gasteiger partial charge >= 0.3 is 0 Å². The summed E-state index contributed by atoms with van der Waals surface area (Å²) < 4.78 is 0. The van der Waals surface area contributed by atoms with E-state index in [1.54, 1.807) is 0 Å². The molecule has 1 aliphatic rings. The second-order valence-electron chi connectivity index (χ2n) is 4.90. The molecule has 1 aromatic heterocycles. The molecule has 0 saturated heterocycles. The maximum Gasteiger partial charge on any atom is 0.223 e. The minimum absolute atomic E-state index is 0.120. The molecule has 3 rings (SSSR count). The summed E-state index contributed by atoms with van der Waals surface area (Å²) in [4.78, 5) is 19.7. The standard InChI is InChI=1S/C15H17N3O/c19-15(11-6-2-1-3-7-11)16-10-14-17-12-8-4-5-9-13(12)18-14/h1-2,4-5,8-9,11H,3,6-7,10H2,(H,16,19)(H,17,18)/t11-/m0/s1. The van der Waals surface area contributed by atoms with Gasteiger partial charge in [0.15, 0.2) is 0 Å². The number of aromatic nitrogens is 2. The second kappa shape index (κ2) is 5.26. The topological polar surface area (TPSA) is 57.8 Å². The second-order valence-corrected chi connectivity index (χ2v) is 4.90. The number of benzene rings is 1. The van der Waals surface area contributed by atoms with Gasteiger partial charge in [0.1, 0.15) is 5.82 Å². The van der Waals surface area contributed by atoms with Crippen molar-refractivity contribution in [3.8, 4) is 0 Å². The van der Waals surface area contributed by atoms with Crippen molar-refractivity contribution >= 4 is 16.9 Å². The number of aromatic amines is 1. The molecule has 1 aliphatic carbocycles. The number of rotatable bonds is 3. The van der Waals surface area contributed by atoms with Gasteiger partial charge in [0.25, 0.3) is 0 Å². The van der Waals surface area contributed by atoms with Crippen LogP contribution in [0.25, 0.3) is 11.0 Å². The Kier molecular flexibility index (Phi) is 3.31.